The average molecular weight is 318 g/mol. The van der Waals surface area contributed by atoms with Gasteiger partial charge in [0.2, 0.25) is 0 Å². The van der Waals surface area contributed by atoms with E-state index in [0.29, 0.717) is 18.9 Å². The number of carbonyl (C=O) groups excluding carboxylic acids is 2. The largest absolute Gasteiger partial charge is 0.450 e. The Morgan fingerprint density at radius 3 is 2.96 bits per heavy atom. The van der Waals surface area contributed by atoms with Crippen molar-refractivity contribution in [3.8, 4) is 0 Å². The molecule has 1 aliphatic heterocycles. The number of rotatable bonds is 4. The smallest absolute Gasteiger partial charge is 0.320 e. The lowest BCUT2D eigenvalue weighted by Crippen LogP contribution is -2.53. The van der Waals surface area contributed by atoms with Crippen molar-refractivity contribution < 1.29 is 14.3 Å². The monoisotopic (exact) mass is 318 g/mol. The summed E-state index contributed by atoms with van der Waals surface area (Å²) < 4.78 is 5.22. The van der Waals surface area contributed by atoms with Crippen LogP contribution in [0.25, 0.3) is 0 Å². The SMILES string of the molecule is Cc1ccnc(CN2CC(=O)OC(C(=O)NC3CCCC3)C2)n1. The van der Waals surface area contributed by atoms with E-state index >= 15 is 0 Å². The van der Waals surface area contributed by atoms with Crippen molar-refractivity contribution in [2.24, 2.45) is 0 Å². The molecule has 2 heterocycles. The van der Waals surface area contributed by atoms with Crippen molar-refractivity contribution in [3.05, 3.63) is 23.8 Å². The van der Waals surface area contributed by atoms with Gasteiger partial charge in [0, 0.05) is 24.5 Å². The van der Waals surface area contributed by atoms with E-state index in [0.717, 1.165) is 31.4 Å². The number of hydrogen-bond donors (Lipinski definition) is 1. The van der Waals surface area contributed by atoms with Crippen molar-refractivity contribution in [3.63, 3.8) is 0 Å². The third-order valence-corrected chi connectivity index (χ3v) is 4.25. The summed E-state index contributed by atoms with van der Waals surface area (Å²) in [5, 5.41) is 2.99. The van der Waals surface area contributed by atoms with Gasteiger partial charge in [-0.25, -0.2) is 9.97 Å². The number of aromatic nitrogens is 2. The normalized spacial score (nSPS) is 22.8. The van der Waals surface area contributed by atoms with Gasteiger partial charge in [-0.3, -0.25) is 14.5 Å². The third kappa shape index (κ3) is 4.25. The zero-order chi connectivity index (χ0) is 16.2. The molecule has 0 aromatic carbocycles. The van der Waals surface area contributed by atoms with E-state index in [1.54, 1.807) is 6.20 Å². The lowest BCUT2D eigenvalue weighted by atomic mass is 10.2. The molecule has 0 radical (unpaired) electrons. The second-order valence-electron chi connectivity index (χ2n) is 6.25. The van der Waals surface area contributed by atoms with Gasteiger partial charge in [-0.15, -0.1) is 0 Å². The summed E-state index contributed by atoms with van der Waals surface area (Å²) >= 11 is 0. The molecular formula is C16H22N4O3. The van der Waals surface area contributed by atoms with Gasteiger partial charge in [0.05, 0.1) is 13.1 Å². The highest BCUT2D eigenvalue weighted by atomic mass is 16.6. The van der Waals surface area contributed by atoms with Crippen molar-refractivity contribution in [2.45, 2.75) is 51.3 Å². The van der Waals surface area contributed by atoms with Crippen LogP contribution in [-0.2, 0) is 20.9 Å². The first-order chi connectivity index (χ1) is 11.1. The third-order valence-electron chi connectivity index (χ3n) is 4.25. The Morgan fingerprint density at radius 1 is 1.43 bits per heavy atom. The van der Waals surface area contributed by atoms with Gasteiger partial charge in [0.1, 0.15) is 5.82 Å². The first-order valence-corrected chi connectivity index (χ1v) is 8.11. The first kappa shape index (κ1) is 15.9. The van der Waals surface area contributed by atoms with Crippen LogP contribution in [0.15, 0.2) is 12.3 Å². The molecule has 1 unspecified atom stereocenters. The predicted octanol–water partition coefficient (Wildman–Crippen LogP) is 0.571. The van der Waals surface area contributed by atoms with E-state index in [2.05, 4.69) is 15.3 Å². The van der Waals surface area contributed by atoms with Crippen LogP contribution in [0.5, 0.6) is 0 Å². The van der Waals surface area contributed by atoms with E-state index in [1.807, 2.05) is 17.9 Å². The molecule has 1 saturated carbocycles. The van der Waals surface area contributed by atoms with Gasteiger partial charge in [0.15, 0.2) is 6.10 Å². The molecule has 0 spiro atoms. The summed E-state index contributed by atoms with van der Waals surface area (Å²) in [5.74, 6) is 0.0743. The van der Waals surface area contributed by atoms with Crippen LogP contribution in [0.4, 0.5) is 0 Å². The second-order valence-corrected chi connectivity index (χ2v) is 6.25. The van der Waals surface area contributed by atoms with Gasteiger partial charge < -0.3 is 10.1 Å². The minimum Gasteiger partial charge on any atom is -0.450 e. The van der Waals surface area contributed by atoms with Crippen LogP contribution in [0.1, 0.15) is 37.2 Å². The molecule has 1 aromatic rings. The zero-order valence-corrected chi connectivity index (χ0v) is 13.3. The second kappa shape index (κ2) is 7.04. The number of morpholine rings is 1. The molecule has 1 N–H and O–H groups in total. The molecule has 3 rings (SSSR count). The number of hydrogen-bond acceptors (Lipinski definition) is 6. The molecule has 2 fully saturated rings. The molecule has 2 aliphatic rings. The summed E-state index contributed by atoms with van der Waals surface area (Å²) in [6.07, 6.45) is 5.25. The highest BCUT2D eigenvalue weighted by Crippen LogP contribution is 2.18. The standard InChI is InChI=1S/C16H22N4O3/c1-11-6-7-17-14(18-11)9-20-8-13(23-15(21)10-20)16(22)19-12-4-2-3-5-12/h6-7,12-13H,2-5,8-10H2,1H3,(H,19,22). The maximum Gasteiger partial charge on any atom is 0.320 e. The minimum absolute atomic E-state index is 0.157. The van der Waals surface area contributed by atoms with Crippen LogP contribution >= 0.6 is 0 Å². The Hall–Kier alpha value is -2.02. The van der Waals surface area contributed by atoms with Gasteiger partial charge in [0.25, 0.3) is 5.91 Å². The molecule has 124 valence electrons. The summed E-state index contributed by atoms with van der Waals surface area (Å²) in [5.41, 5.74) is 0.880. The Labute approximate surface area is 135 Å². The van der Waals surface area contributed by atoms with Gasteiger partial charge in [-0.2, -0.15) is 0 Å². The summed E-state index contributed by atoms with van der Waals surface area (Å²) in [4.78, 5) is 34.5. The number of nitrogens with zero attached hydrogens (tertiary/aromatic N) is 3. The average Bonchev–Trinajstić information content (AvgIpc) is 2.99. The Bertz CT molecular complexity index is 586. The van der Waals surface area contributed by atoms with Crippen molar-refractivity contribution in [2.75, 3.05) is 13.1 Å². The summed E-state index contributed by atoms with van der Waals surface area (Å²) in [6, 6.07) is 2.04. The van der Waals surface area contributed by atoms with Crippen LogP contribution in [0.2, 0.25) is 0 Å². The fraction of sp³-hybridized carbons (Fsp3) is 0.625. The lowest BCUT2D eigenvalue weighted by molar-refractivity contribution is -0.165. The molecule has 1 aliphatic carbocycles. The fourth-order valence-electron chi connectivity index (χ4n) is 3.11. The van der Waals surface area contributed by atoms with E-state index in [1.165, 1.54) is 0 Å². The van der Waals surface area contributed by atoms with Crippen LogP contribution < -0.4 is 5.32 Å². The Morgan fingerprint density at radius 2 is 2.22 bits per heavy atom. The maximum atomic E-state index is 12.3. The van der Waals surface area contributed by atoms with Gasteiger partial charge >= 0.3 is 5.97 Å². The maximum absolute atomic E-state index is 12.3. The number of esters is 1. The zero-order valence-electron chi connectivity index (χ0n) is 13.3. The minimum atomic E-state index is -0.748. The van der Waals surface area contributed by atoms with Crippen LogP contribution in [0.3, 0.4) is 0 Å². The summed E-state index contributed by atoms with van der Waals surface area (Å²) in [7, 11) is 0. The lowest BCUT2D eigenvalue weighted by Gasteiger charge is -2.31. The number of aryl methyl sites for hydroxylation is 1. The molecule has 1 saturated heterocycles. The number of carbonyl (C=O) groups is 2. The highest BCUT2D eigenvalue weighted by molar-refractivity contribution is 5.85. The number of amides is 1. The molecule has 7 nitrogen and oxygen atoms in total. The van der Waals surface area contributed by atoms with E-state index in [4.69, 9.17) is 4.74 Å². The van der Waals surface area contributed by atoms with Crippen LogP contribution in [0, 0.1) is 6.92 Å². The Kier molecular flexibility index (Phi) is 4.85. The first-order valence-electron chi connectivity index (χ1n) is 8.11. The van der Waals surface area contributed by atoms with E-state index in [9.17, 15) is 9.59 Å². The van der Waals surface area contributed by atoms with Crippen molar-refractivity contribution in [1.82, 2.24) is 20.2 Å². The Balaban J connectivity index is 1.59. The van der Waals surface area contributed by atoms with Gasteiger partial charge in [-0.1, -0.05) is 12.8 Å². The molecular weight excluding hydrogens is 296 g/mol. The molecule has 0 bridgehead atoms. The topological polar surface area (TPSA) is 84.4 Å². The van der Waals surface area contributed by atoms with Crippen molar-refractivity contribution in [1.29, 1.82) is 0 Å². The molecule has 1 atom stereocenters. The van der Waals surface area contributed by atoms with Crippen molar-refractivity contribution >= 4 is 11.9 Å². The fourth-order valence-corrected chi connectivity index (χ4v) is 3.11. The molecule has 23 heavy (non-hydrogen) atoms. The van der Waals surface area contributed by atoms with Gasteiger partial charge in [-0.05, 0) is 25.8 Å². The van der Waals surface area contributed by atoms with Crippen LogP contribution in [-0.4, -0.2) is 52.0 Å². The molecule has 1 aromatic heterocycles. The quantitative estimate of drug-likeness (QED) is 0.817. The molecule has 1 amide bonds. The van der Waals surface area contributed by atoms with E-state index < -0.39 is 6.10 Å². The number of cyclic esters (lactones) is 1. The molecule has 7 heteroatoms. The highest BCUT2D eigenvalue weighted by Gasteiger charge is 2.33. The number of ether oxygens (including phenoxy) is 1. The predicted molar refractivity (Wildman–Crippen MR) is 82.3 cm³/mol. The summed E-state index contributed by atoms with van der Waals surface area (Å²) in [6.45, 7) is 2.86. The van der Waals surface area contributed by atoms with E-state index in [-0.39, 0.29) is 24.5 Å². The number of nitrogens with one attached hydrogen (secondary N) is 1.